The first-order chi connectivity index (χ1) is 17.8. The van der Waals surface area contributed by atoms with Crippen molar-refractivity contribution in [1.29, 1.82) is 0 Å². The topological polar surface area (TPSA) is 112 Å². The summed E-state index contributed by atoms with van der Waals surface area (Å²) in [6, 6.07) is 0. The summed E-state index contributed by atoms with van der Waals surface area (Å²) in [6.07, 6.45) is 29.3. The summed E-state index contributed by atoms with van der Waals surface area (Å²) in [4.78, 5) is 33.6. The van der Waals surface area contributed by atoms with Gasteiger partial charge >= 0.3 is 17.9 Å². The normalized spacial score (nSPS) is 11.8. The van der Waals surface area contributed by atoms with Crippen LogP contribution in [0, 0.1) is 0 Å². The van der Waals surface area contributed by atoms with Gasteiger partial charge < -0.3 is 15.3 Å². The highest BCUT2D eigenvalue weighted by Crippen LogP contribution is 2.15. The summed E-state index contributed by atoms with van der Waals surface area (Å²) in [5.74, 6) is -3.50. The first-order valence-corrected chi connectivity index (χ1v) is 15.0. The predicted molar refractivity (Wildman–Crippen MR) is 150 cm³/mol. The molecule has 0 aliphatic carbocycles. The molecule has 7 nitrogen and oxygen atoms in total. The standard InChI is InChI=1S/C30H55NO6/c1-2-3-4-5-6-7-8-9-10-11-12-13-14-15-16-17-18-19-20-21-22-23-24-31(25-28(32)33,26-29(34)35)27-30(36)37/h8-9H,2-7,10-27H2,1H3,(H2-,32,33,34,35,36,37)/p+1/b9-8+. The number of carboxylic acid groups (broad SMARTS) is 3. The summed E-state index contributed by atoms with van der Waals surface area (Å²) in [5.41, 5.74) is 0. The summed E-state index contributed by atoms with van der Waals surface area (Å²) in [5, 5.41) is 27.4. The molecular weight excluding hydrogens is 470 g/mol. The van der Waals surface area contributed by atoms with Crippen molar-refractivity contribution in [2.45, 2.75) is 135 Å². The van der Waals surface area contributed by atoms with Crippen LogP contribution in [-0.2, 0) is 14.4 Å². The first kappa shape index (κ1) is 35.1. The third-order valence-corrected chi connectivity index (χ3v) is 7.06. The van der Waals surface area contributed by atoms with Gasteiger partial charge in [-0.25, -0.2) is 14.4 Å². The van der Waals surface area contributed by atoms with Crippen LogP contribution in [0.4, 0.5) is 0 Å². The molecule has 0 saturated carbocycles. The average molecular weight is 527 g/mol. The molecule has 0 spiro atoms. The Labute approximate surface area is 225 Å². The number of unbranched alkanes of at least 4 members (excludes halogenated alkanes) is 18. The van der Waals surface area contributed by atoms with Crippen molar-refractivity contribution in [3.63, 3.8) is 0 Å². The van der Waals surface area contributed by atoms with Crippen LogP contribution in [-0.4, -0.2) is 63.9 Å². The molecule has 0 aromatic rings. The molecule has 0 amide bonds. The maximum atomic E-state index is 11.2. The molecule has 3 N–H and O–H groups in total. The Bertz CT molecular complexity index is 578. The number of rotatable bonds is 28. The Morgan fingerprint density at radius 3 is 1.11 bits per heavy atom. The van der Waals surface area contributed by atoms with Gasteiger partial charge in [-0.15, -0.1) is 0 Å². The molecule has 0 unspecified atom stereocenters. The third-order valence-electron chi connectivity index (χ3n) is 7.06. The minimum atomic E-state index is -1.17. The van der Waals surface area contributed by atoms with E-state index >= 15 is 0 Å². The lowest BCUT2D eigenvalue weighted by molar-refractivity contribution is -0.907. The van der Waals surface area contributed by atoms with E-state index in [0.29, 0.717) is 6.42 Å². The van der Waals surface area contributed by atoms with Crippen LogP contribution in [0.3, 0.4) is 0 Å². The molecule has 0 bridgehead atoms. The second-order valence-corrected chi connectivity index (χ2v) is 10.8. The highest BCUT2D eigenvalue weighted by Gasteiger charge is 2.35. The fraction of sp³-hybridized carbons (Fsp3) is 0.833. The van der Waals surface area contributed by atoms with E-state index in [1.165, 1.54) is 103 Å². The lowest BCUT2D eigenvalue weighted by Crippen LogP contribution is -2.57. The van der Waals surface area contributed by atoms with Crippen LogP contribution >= 0.6 is 0 Å². The Morgan fingerprint density at radius 2 is 0.784 bits per heavy atom. The van der Waals surface area contributed by atoms with Crippen molar-refractivity contribution in [3.05, 3.63) is 12.2 Å². The molecule has 0 aliphatic rings. The number of aliphatic carboxylic acids is 3. The molecular formula is C30H56NO6+. The lowest BCUT2D eigenvalue weighted by Gasteiger charge is -2.34. The van der Waals surface area contributed by atoms with E-state index in [1.807, 2.05) is 0 Å². The summed E-state index contributed by atoms with van der Waals surface area (Å²) in [6.45, 7) is 1.09. The van der Waals surface area contributed by atoms with Crippen molar-refractivity contribution < 1.29 is 34.2 Å². The van der Waals surface area contributed by atoms with Crippen molar-refractivity contribution in [2.75, 3.05) is 26.2 Å². The van der Waals surface area contributed by atoms with Gasteiger partial charge in [-0.1, -0.05) is 109 Å². The number of allylic oxidation sites excluding steroid dienone is 2. The van der Waals surface area contributed by atoms with Crippen LogP contribution in [0.2, 0.25) is 0 Å². The lowest BCUT2D eigenvalue weighted by atomic mass is 10.0. The zero-order valence-electron chi connectivity index (χ0n) is 23.6. The van der Waals surface area contributed by atoms with Crippen LogP contribution in [0.15, 0.2) is 12.2 Å². The highest BCUT2D eigenvalue weighted by atomic mass is 16.4. The zero-order chi connectivity index (χ0) is 27.6. The largest absolute Gasteiger partial charge is 0.477 e. The molecule has 0 heterocycles. The van der Waals surface area contributed by atoms with Crippen molar-refractivity contribution in [2.24, 2.45) is 0 Å². The summed E-state index contributed by atoms with van der Waals surface area (Å²) in [7, 11) is 0. The average Bonchev–Trinajstić information content (AvgIpc) is 2.81. The second kappa shape index (κ2) is 24.4. The van der Waals surface area contributed by atoms with Gasteiger partial charge in [0.25, 0.3) is 0 Å². The van der Waals surface area contributed by atoms with Gasteiger partial charge in [0.05, 0.1) is 6.54 Å². The molecule has 37 heavy (non-hydrogen) atoms. The number of carbonyl (C=O) groups is 3. The Kier molecular flexibility index (Phi) is 23.2. The van der Waals surface area contributed by atoms with E-state index in [-0.39, 0.29) is 6.54 Å². The van der Waals surface area contributed by atoms with Crippen molar-refractivity contribution in [1.82, 2.24) is 0 Å². The molecule has 0 aliphatic heterocycles. The van der Waals surface area contributed by atoms with Gasteiger partial charge in [0.15, 0.2) is 19.6 Å². The van der Waals surface area contributed by atoms with E-state index < -0.39 is 42.0 Å². The Morgan fingerprint density at radius 1 is 0.486 bits per heavy atom. The summed E-state index contributed by atoms with van der Waals surface area (Å²) < 4.78 is -0.435. The van der Waals surface area contributed by atoms with Crippen LogP contribution in [0.5, 0.6) is 0 Å². The number of quaternary nitrogens is 1. The van der Waals surface area contributed by atoms with Gasteiger partial charge in [0, 0.05) is 0 Å². The zero-order valence-corrected chi connectivity index (χ0v) is 23.6. The Hall–Kier alpha value is -1.89. The third kappa shape index (κ3) is 24.2. The van der Waals surface area contributed by atoms with E-state index in [4.69, 9.17) is 15.3 Å². The second-order valence-electron chi connectivity index (χ2n) is 10.8. The van der Waals surface area contributed by atoms with Gasteiger partial charge in [0.1, 0.15) is 0 Å². The first-order valence-electron chi connectivity index (χ1n) is 15.0. The molecule has 7 heteroatoms. The van der Waals surface area contributed by atoms with Gasteiger partial charge in [0.2, 0.25) is 0 Å². The fourth-order valence-electron chi connectivity index (χ4n) is 5.02. The molecule has 0 rings (SSSR count). The van der Waals surface area contributed by atoms with Crippen LogP contribution in [0.25, 0.3) is 0 Å². The van der Waals surface area contributed by atoms with E-state index in [9.17, 15) is 14.4 Å². The SMILES string of the molecule is CCCCCCC/C=C/CCCCCCCCCCCCCCC[N+](CC(=O)O)(CC(=O)O)CC(=O)O. The number of nitrogens with zero attached hydrogens (tertiary/aromatic N) is 1. The quantitative estimate of drug-likeness (QED) is 0.0555. The molecule has 216 valence electrons. The minimum absolute atomic E-state index is 0.264. The minimum Gasteiger partial charge on any atom is -0.477 e. The van der Waals surface area contributed by atoms with E-state index in [1.54, 1.807) is 0 Å². The maximum Gasteiger partial charge on any atom is 0.359 e. The monoisotopic (exact) mass is 526 g/mol. The summed E-state index contributed by atoms with van der Waals surface area (Å²) >= 11 is 0. The Balaban J connectivity index is 3.64. The van der Waals surface area contributed by atoms with E-state index in [2.05, 4.69) is 19.1 Å². The maximum absolute atomic E-state index is 11.2. The smallest absolute Gasteiger partial charge is 0.359 e. The number of hydrogen-bond acceptors (Lipinski definition) is 3. The molecule has 0 saturated heterocycles. The van der Waals surface area contributed by atoms with Gasteiger partial charge in [-0.3, -0.25) is 4.48 Å². The molecule has 0 aromatic carbocycles. The molecule has 0 fully saturated rings. The predicted octanol–water partition coefficient (Wildman–Crippen LogP) is 7.44. The molecule has 0 atom stereocenters. The number of carboxylic acids is 3. The van der Waals surface area contributed by atoms with Gasteiger partial charge in [-0.2, -0.15) is 0 Å². The van der Waals surface area contributed by atoms with Crippen LogP contribution < -0.4 is 0 Å². The highest BCUT2D eigenvalue weighted by molar-refractivity contribution is 5.73. The van der Waals surface area contributed by atoms with Crippen molar-refractivity contribution >= 4 is 17.9 Å². The fourth-order valence-corrected chi connectivity index (χ4v) is 5.02. The van der Waals surface area contributed by atoms with E-state index in [0.717, 1.165) is 19.3 Å². The molecule has 0 aromatic heterocycles. The van der Waals surface area contributed by atoms with Crippen molar-refractivity contribution in [3.8, 4) is 0 Å². The molecule has 0 radical (unpaired) electrons. The van der Waals surface area contributed by atoms with Crippen LogP contribution in [0.1, 0.15) is 135 Å². The van der Waals surface area contributed by atoms with Gasteiger partial charge in [-0.05, 0) is 38.5 Å². The number of hydrogen-bond donors (Lipinski definition) is 3.